The van der Waals surface area contributed by atoms with Crippen molar-refractivity contribution in [3.8, 4) is 0 Å². The third kappa shape index (κ3) is 0.970. The Labute approximate surface area is 32.9 Å². The first-order valence-electron chi connectivity index (χ1n) is 1.58. The summed E-state index contributed by atoms with van der Waals surface area (Å²) in [6.07, 6.45) is 1.28. The van der Waals surface area contributed by atoms with Crippen molar-refractivity contribution in [3.05, 3.63) is 0 Å². The normalized spacial score (nSPS) is 19.2. The van der Waals surface area contributed by atoms with Gasteiger partial charge in [-0.2, -0.15) is 0 Å². The van der Waals surface area contributed by atoms with E-state index < -0.39 is 0 Å². The summed E-state index contributed by atoms with van der Waals surface area (Å²) in [5, 5.41) is 0. The first kappa shape index (κ1) is 4.96. The molecule has 0 atom stereocenters. The lowest BCUT2D eigenvalue weighted by Crippen LogP contribution is -2.09. The topological polar surface area (TPSA) is 9.23 Å². The van der Waals surface area contributed by atoms with Crippen molar-refractivity contribution in [1.29, 1.82) is 0 Å². The van der Waals surface area contributed by atoms with Crippen LogP contribution in [0.1, 0.15) is 13.8 Å². The van der Waals surface area contributed by atoms with E-state index >= 15 is 0 Å². The monoisotopic (exact) mass is 74.1 g/mol. The van der Waals surface area contributed by atoms with Crippen molar-refractivity contribution in [2.75, 3.05) is 13.2 Å². The Kier molecular flexibility index (Phi) is 2.19. The number of rotatable bonds is 0. The predicted octanol–water partition coefficient (Wildman–Crippen LogP) is 1.04. The Bertz CT molecular complexity index is 11.6. The zero-order valence-electron chi connectivity index (χ0n) is 2.53. The third-order valence-corrected chi connectivity index (χ3v) is 0.577. The number of hydrogen-bond donors (Lipinski definition) is 0. The Balaban J connectivity index is 0.000000160. The van der Waals surface area contributed by atoms with Crippen LogP contribution < -0.4 is 0 Å². The van der Waals surface area contributed by atoms with Crippen LogP contribution in [0.15, 0.2) is 0 Å². The molecule has 1 fully saturated rings. The molecule has 1 heterocycles. The molecular formula is C4H10O. The molecule has 1 heteroatoms. The average molecular weight is 74.1 g/mol. The van der Waals surface area contributed by atoms with E-state index in [4.69, 9.17) is 4.74 Å². The maximum Gasteiger partial charge on any atom is 0.0488 e. The van der Waals surface area contributed by atoms with Gasteiger partial charge in [0.15, 0.2) is 0 Å². The van der Waals surface area contributed by atoms with E-state index in [0.717, 1.165) is 13.2 Å². The summed E-state index contributed by atoms with van der Waals surface area (Å²) >= 11 is 0. The number of ether oxygens (including phenoxy) is 1. The van der Waals surface area contributed by atoms with E-state index in [1.165, 1.54) is 6.42 Å². The highest BCUT2D eigenvalue weighted by molar-refractivity contribution is 4.41. The molecule has 0 aromatic heterocycles. The molecule has 0 aromatic carbocycles. The highest BCUT2D eigenvalue weighted by Gasteiger charge is 1.94. The van der Waals surface area contributed by atoms with Crippen molar-refractivity contribution >= 4 is 0 Å². The van der Waals surface area contributed by atoms with Crippen molar-refractivity contribution in [2.24, 2.45) is 0 Å². The van der Waals surface area contributed by atoms with E-state index in [-0.39, 0.29) is 7.43 Å². The lowest BCUT2D eigenvalue weighted by atomic mass is 10.4. The van der Waals surface area contributed by atoms with E-state index in [1.807, 2.05) is 0 Å². The van der Waals surface area contributed by atoms with E-state index in [1.54, 1.807) is 0 Å². The second-order valence-electron chi connectivity index (χ2n) is 0.966. The van der Waals surface area contributed by atoms with Crippen LogP contribution in [-0.2, 0) is 4.74 Å². The van der Waals surface area contributed by atoms with Crippen LogP contribution in [0.4, 0.5) is 0 Å². The quantitative estimate of drug-likeness (QED) is 0.417. The zero-order chi connectivity index (χ0) is 2.83. The summed E-state index contributed by atoms with van der Waals surface area (Å²) in [5.74, 6) is 0. The van der Waals surface area contributed by atoms with E-state index in [0.29, 0.717) is 0 Å². The van der Waals surface area contributed by atoms with Gasteiger partial charge in [-0.3, -0.25) is 0 Å². The molecule has 1 nitrogen and oxygen atoms in total. The second kappa shape index (κ2) is 2.21. The van der Waals surface area contributed by atoms with Gasteiger partial charge >= 0.3 is 0 Å². The third-order valence-electron chi connectivity index (χ3n) is 0.577. The highest BCUT2D eigenvalue weighted by Crippen LogP contribution is 1.92. The van der Waals surface area contributed by atoms with Gasteiger partial charge in [0.05, 0.1) is 0 Å². The van der Waals surface area contributed by atoms with Crippen LogP contribution in [0, 0.1) is 0 Å². The van der Waals surface area contributed by atoms with Gasteiger partial charge in [0.2, 0.25) is 0 Å². The SMILES string of the molecule is C.C1COC1. The molecule has 1 aliphatic heterocycles. The zero-order valence-corrected chi connectivity index (χ0v) is 2.53. The highest BCUT2D eigenvalue weighted by atomic mass is 16.5. The van der Waals surface area contributed by atoms with Gasteiger partial charge in [-0.05, 0) is 6.42 Å². The van der Waals surface area contributed by atoms with Gasteiger partial charge in [0.25, 0.3) is 0 Å². The van der Waals surface area contributed by atoms with Crippen molar-refractivity contribution in [1.82, 2.24) is 0 Å². The molecule has 0 amide bonds. The Morgan fingerprint density at radius 1 is 1.20 bits per heavy atom. The molecule has 1 rings (SSSR count). The van der Waals surface area contributed by atoms with Gasteiger partial charge in [0, 0.05) is 13.2 Å². The summed E-state index contributed by atoms with van der Waals surface area (Å²) in [5.41, 5.74) is 0. The van der Waals surface area contributed by atoms with Gasteiger partial charge in [-0.25, -0.2) is 0 Å². The van der Waals surface area contributed by atoms with Crippen LogP contribution >= 0.6 is 0 Å². The summed E-state index contributed by atoms with van der Waals surface area (Å²) in [7, 11) is 0. The molecule has 0 bridgehead atoms. The van der Waals surface area contributed by atoms with Crippen molar-refractivity contribution in [2.45, 2.75) is 13.8 Å². The van der Waals surface area contributed by atoms with Crippen LogP contribution in [-0.4, -0.2) is 13.2 Å². The van der Waals surface area contributed by atoms with Gasteiger partial charge in [-0.15, -0.1) is 0 Å². The van der Waals surface area contributed by atoms with E-state index in [2.05, 4.69) is 0 Å². The lowest BCUT2D eigenvalue weighted by Gasteiger charge is -2.09. The van der Waals surface area contributed by atoms with Gasteiger partial charge in [-0.1, -0.05) is 7.43 Å². The van der Waals surface area contributed by atoms with Crippen molar-refractivity contribution < 1.29 is 4.74 Å². The van der Waals surface area contributed by atoms with Crippen LogP contribution in [0.5, 0.6) is 0 Å². The molecule has 0 N–H and O–H groups in total. The fraction of sp³-hybridized carbons (Fsp3) is 1.00. The molecular weight excluding hydrogens is 64.0 g/mol. The maximum absolute atomic E-state index is 4.72. The van der Waals surface area contributed by atoms with Crippen LogP contribution in [0.25, 0.3) is 0 Å². The molecule has 32 valence electrons. The Morgan fingerprint density at radius 3 is 1.40 bits per heavy atom. The summed E-state index contributed by atoms with van der Waals surface area (Å²) in [4.78, 5) is 0. The molecule has 0 radical (unpaired) electrons. The summed E-state index contributed by atoms with van der Waals surface area (Å²) < 4.78 is 4.72. The molecule has 0 unspecified atom stereocenters. The average Bonchev–Trinajstić information content (AvgIpc) is 0.722. The fourth-order valence-electron chi connectivity index (χ4n) is 0.144. The van der Waals surface area contributed by atoms with Gasteiger partial charge in [0.1, 0.15) is 0 Å². The largest absolute Gasteiger partial charge is 0.381 e. The van der Waals surface area contributed by atoms with Crippen LogP contribution in [0.2, 0.25) is 0 Å². The summed E-state index contributed by atoms with van der Waals surface area (Å²) in [6, 6.07) is 0. The Hall–Kier alpha value is -0.0400. The fourth-order valence-corrected chi connectivity index (χ4v) is 0.144. The molecule has 0 aliphatic carbocycles. The maximum atomic E-state index is 4.72. The Morgan fingerprint density at radius 2 is 1.40 bits per heavy atom. The van der Waals surface area contributed by atoms with Crippen LogP contribution in [0.3, 0.4) is 0 Å². The first-order valence-corrected chi connectivity index (χ1v) is 1.58. The molecule has 0 spiro atoms. The minimum atomic E-state index is 0. The van der Waals surface area contributed by atoms with E-state index in [9.17, 15) is 0 Å². The minimum absolute atomic E-state index is 0. The minimum Gasteiger partial charge on any atom is -0.381 e. The summed E-state index contributed by atoms with van der Waals surface area (Å²) in [6.45, 7) is 2.00. The number of hydrogen-bond acceptors (Lipinski definition) is 1. The molecule has 1 saturated heterocycles. The molecule has 0 aromatic rings. The second-order valence-corrected chi connectivity index (χ2v) is 0.966. The standard InChI is InChI=1S/C3H6O.CH4/c1-2-4-3-1;/h1-3H2;1H4. The molecule has 1 aliphatic rings. The van der Waals surface area contributed by atoms with Gasteiger partial charge < -0.3 is 4.74 Å². The smallest absolute Gasteiger partial charge is 0.0488 e. The lowest BCUT2D eigenvalue weighted by molar-refractivity contribution is 0.0367. The molecule has 0 saturated carbocycles. The predicted molar refractivity (Wildman–Crippen MR) is 22.2 cm³/mol. The first-order chi connectivity index (χ1) is 2.00. The van der Waals surface area contributed by atoms with Crippen molar-refractivity contribution in [3.63, 3.8) is 0 Å². The molecule has 5 heavy (non-hydrogen) atoms.